The topological polar surface area (TPSA) is 84.1 Å². The number of rotatable bonds is 2. The van der Waals surface area contributed by atoms with Gasteiger partial charge in [-0.05, 0) is 12.8 Å². The Labute approximate surface area is 119 Å². The van der Waals surface area contributed by atoms with E-state index in [0.717, 1.165) is 0 Å². The van der Waals surface area contributed by atoms with Gasteiger partial charge in [0.25, 0.3) is 0 Å². The molecule has 0 radical (unpaired) electrons. The summed E-state index contributed by atoms with van der Waals surface area (Å²) >= 11 is 5.84. The van der Waals surface area contributed by atoms with Crippen LogP contribution in [0.3, 0.4) is 0 Å². The molecule has 8 heteroatoms. The standard InChI is InChI=1S/C12H14ClFN4O2/c1-12(4-19)3-6(2-7(12)20)18-5-15-8-9(13)16-11(14)17-10(8)18/h5-7,19-20H,2-4H2,1H3/t6-,7-,12+/m0/s1. The molecule has 0 unspecified atom stereocenters. The van der Waals surface area contributed by atoms with Gasteiger partial charge < -0.3 is 14.8 Å². The highest BCUT2D eigenvalue weighted by atomic mass is 35.5. The molecule has 0 saturated heterocycles. The average Bonchev–Trinajstić information content (AvgIpc) is 2.92. The van der Waals surface area contributed by atoms with Gasteiger partial charge in [-0.15, -0.1) is 0 Å². The van der Waals surface area contributed by atoms with Crippen molar-refractivity contribution in [2.24, 2.45) is 5.41 Å². The van der Waals surface area contributed by atoms with Crippen molar-refractivity contribution in [3.05, 3.63) is 17.6 Å². The van der Waals surface area contributed by atoms with Gasteiger partial charge in [-0.3, -0.25) is 0 Å². The molecule has 1 aliphatic rings. The number of nitrogens with zero attached hydrogens (tertiary/aromatic N) is 4. The minimum absolute atomic E-state index is 0.0327. The first kappa shape index (κ1) is 13.7. The van der Waals surface area contributed by atoms with E-state index < -0.39 is 17.6 Å². The van der Waals surface area contributed by atoms with Crippen molar-refractivity contribution >= 4 is 22.8 Å². The predicted molar refractivity (Wildman–Crippen MR) is 69.8 cm³/mol. The molecule has 2 N–H and O–H groups in total. The van der Waals surface area contributed by atoms with E-state index >= 15 is 0 Å². The van der Waals surface area contributed by atoms with Gasteiger partial charge in [-0.2, -0.15) is 14.4 Å². The predicted octanol–water partition coefficient (Wildman–Crippen LogP) is 1.31. The first-order valence-electron chi connectivity index (χ1n) is 6.29. The van der Waals surface area contributed by atoms with E-state index in [1.54, 1.807) is 4.57 Å². The number of aliphatic hydroxyl groups excluding tert-OH is 2. The second kappa shape index (κ2) is 4.61. The van der Waals surface area contributed by atoms with Crippen LogP contribution in [0, 0.1) is 11.5 Å². The molecule has 2 heterocycles. The van der Waals surface area contributed by atoms with E-state index in [9.17, 15) is 14.6 Å². The molecular formula is C12H14ClFN4O2. The normalized spacial score (nSPS) is 30.2. The highest BCUT2D eigenvalue weighted by molar-refractivity contribution is 6.33. The molecule has 1 saturated carbocycles. The summed E-state index contributed by atoms with van der Waals surface area (Å²) in [4.78, 5) is 11.3. The molecule has 0 aromatic carbocycles. The number of halogens is 2. The second-order valence-corrected chi connectivity index (χ2v) is 5.89. The van der Waals surface area contributed by atoms with Crippen molar-refractivity contribution in [2.75, 3.05) is 6.61 Å². The summed E-state index contributed by atoms with van der Waals surface area (Å²) in [5.41, 5.74) is 0.0680. The largest absolute Gasteiger partial charge is 0.396 e. The molecule has 0 amide bonds. The summed E-state index contributed by atoms with van der Waals surface area (Å²) in [5, 5.41) is 19.5. The van der Waals surface area contributed by atoms with E-state index in [2.05, 4.69) is 15.0 Å². The highest BCUT2D eigenvalue weighted by Gasteiger charge is 2.43. The van der Waals surface area contributed by atoms with Crippen molar-refractivity contribution < 1.29 is 14.6 Å². The van der Waals surface area contributed by atoms with E-state index in [4.69, 9.17) is 11.6 Å². The lowest BCUT2D eigenvalue weighted by Crippen LogP contribution is -2.30. The van der Waals surface area contributed by atoms with Crippen molar-refractivity contribution in [1.82, 2.24) is 19.5 Å². The summed E-state index contributed by atoms with van der Waals surface area (Å²) in [6.45, 7) is 1.71. The van der Waals surface area contributed by atoms with Gasteiger partial charge in [0.15, 0.2) is 10.8 Å². The Balaban J connectivity index is 2.04. The molecule has 0 bridgehead atoms. The van der Waals surface area contributed by atoms with Gasteiger partial charge in [-0.1, -0.05) is 18.5 Å². The Morgan fingerprint density at radius 2 is 2.30 bits per heavy atom. The number of hydrogen-bond donors (Lipinski definition) is 2. The van der Waals surface area contributed by atoms with E-state index in [1.807, 2.05) is 6.92 Å². The number of imidazole rings is 1. The fourth-order valence-corrected chi connectivity index (χ4v) is 3.01. The third-order valence-corrected chi connectivity index (χ3v) is 4.37. The first-order chi connectivity index (χ1) is 9.44. The molecule has 108 valence electrons. The Morgan fingerprint density at radius 1 is 1.55 bits per heavy atom. The first-order valence-corrected chi connectivity index (χ1v) is 6.67. The molecule has 3 rings (SSSR count). The molecule has 2 aromatic rings. The zero-order valence-electron chi connectivity index (χ0n) is 10.8. The lowest BCUT2D eigenvalue weighted by Gasteiger charge is -2.24. The second-order valence-electron chi connectivity index (χ2n) is 5.53. The molecule has 0 spiro atoms. The van der Waals surface area contributed by atoms with Crippen LogP contribution in [0.4, 0.5) is 4.39 Å². The van der Waals surface area contributed by atoms with Gasteiger partial charge in [0.1, 0.15) is 5.52 Å². The Bertz CT molecular complexity index is 664. The molecule has 3 atom stereocenters. The van der Waals surface area contributed by atoms with Gasteiger partial charge >= 0.3 is 6.08 Å². The van der Waals surface area contributed by atoms with E-state index in [-0.39, 0.29) is 17.8 Å². The third kappa shape index (κ3) is 1.97. The minimum Gasteiger partial charge on any atom is -0.396 e. The fourth-order valence-electron chi connectivity index (χ4n) is 2.81. The number of fused-ring (bicyclic) bond motifs is 1. The van der Waals surface area contributed by atoms with Crippen LogP contribution >= 0.6 is 11.6 Å². The Kier molecular flexibility index (Phi) is 3.15. The number of aliphatic hydroxyl groups is 2. The van der Waals surface area contributed by atoms with Crippen LogP contribution < -0.4 is 0 Å². The van der Waals surface area contributed by atoms with Crippen LogP contribution in [0.25, 0.3) is 11.2 Å². The van der Waals surface area contributed by atoms with Crippen LogP contribution in [-0.4, -0.2) is 42.4 Å². The molecule has 2 aromatic heterocycles. The van der Waals surface area contributed by atoms with E-state index in [1.165, 1.54) is 6.33 Å². The van der Waals surface area contributed by atoms with Crippen LogP contribution in [0.1, 0.15) is 25.8 Å². The summed E-state index contributed by atoms with van der Waals surface area (Å²) < 4.78 is 15.0. The fraction of sp³-hybridized carbons (Fsp3) is 0.583. The molecule has 1 aliphatic carbocycles. The molecule has 20 heavy (non-hydrogen) atoms. The third-order valence-electron chi connectivity index (χ3n) is 4.11. The lowest BCUT2D eigenvalue weighted by atomic mass is 9.87. The van der Waals surface area contributed by atoms with Gasteiger partial charge in [-0.25, -0.2) is 4.98 Å². The van der Waals surface area contributed by atoms with Crippen molar-refractivity contribution in [3.8, 4) is 0 Å². The minimum atomic E-state index is -0.910. The molecule has 1 fully saturated rings. The van der Waals surface area contributed by atoms with Crippen LogP contribution in [0.2, 0.25) is 5.15 Å². The molecule has 0 aliphatic heterocycles. The summed E-state index contributed by atoms with van der Waals surface area (Å²) in [5.74, 6) is 0. The van der Waals surface area contributed by atoms with Crippen molar-refractivity contribution in [2.45, 2.75) is 31.9 Å². The SMILES string of the molecule is C[C@]1(CO)C[C@@H](n2cnc3c(Cl)nc(F)nc32)C[C@@H]1O. The Morgan fingerprint density at radius 3 is 2.95 bits per heavy atom. The van der Waals surface area contributed by atoms with E-state index in [0.29, 0.717) is 24.0 Å². The zero-order valence-corrected chi connectivity index (χ0v) is 11.5. The maximum Gasteiger partial charge on any atom is 0.312 e. The van der Waals surface area contributed by atoms with Gasteiger partial charge in [0.2, 0.25) is 0 Å². The quantitative estimate of drug-likeness (QED) is 0.645. The van der Waals surface area contributed by atoms with Crippen LogP contribution in [0.5, 0.6) is 0 Å². The monoisotopic (exact) mass is 300 g/mol. The summed E-state index contributed by atoms with van der Waals surface area (Å²) in [6.07, 6.45) is 0.987. The van der Waals surface area contributed by atoms with Crippen LogP contribution in [-0.2, 0) is 0 Å². The number of hydrogen-bond acceptors (Lipinski definition) is 5. The lowest BCUT2D eigenvalue weighted by molar-refractivity contribution is 0.0201. The van der Waals surface area contributed by atoms with Crippen LogP contribution in [0.15, 0.2) is 6.33 Å². The summed E-state index contributed by atoms with van der Waals surface area (Å²) in [6, 6.07) is -0.113. The smallest absolute Gasteiger partial charge is 0.312 e. The molecule has 6 nitrogen and oxygen atoms in total. The Hall–Kier alpha value is -1.31. The molecular weight excluding hydrogens is 287 g/mol. The maximum atomic E-state index is 13.3. The zero-order chi connectivity index (χ0) is 14.5. The van der Waals surface area contributed by atoms with Gasteiger partial charge in [0.05, 0.1) is 19.0 Å². The maximum absolute atomic E-state index is 13.3. The van der Waals surface area contributed by atoms with Crippen molar-refractivity contribution in [3.63, 3.8) is 0 Å². The highest BCUT2D eigenvalue weighted by Crippen LogP contribution is 2.44. The summed E-state index contributed by atoms with van der Waals surface area (Å²) in [7, 11) is 0. The average molecular weight is 301 g/mol. The van der Waals surface area contributed by atoms with Gasteiger partial charge in [0, 0.05) is 11.5 Å². The van der Waals surface area contributed by atoms with Crippen molar-refractivity contribution in [1.29, 1.82) is 0 Å². The number of aromatic nitrogens is 4.